The SMILES string of the molecule is Cc1ccnc(-c2ccc(NC(=O)[C@@H]3[C@H](C(=O)O)C3(C)C)cc2)n1. The highest BCUT2D eigenvalue weighted by Gasteiger charge is 2.65. The molecule has 1 aliphatic carbocycles. The molecule has 1 fully saturated rings. The van der Waals surface area contributed by atoms with Crippen molar-refractivity contribution in [3.05, 3.63) is 42.2 Å². The van der Waals surface area contributed by atoms with Gasteiger partial charge < -0.3 is 10.4 Å². The number of hydrogen-bond acceptors (Lipinski definition) is 4. The van der Waals surface area contributed by atoms with Crippen molar-refractivity contribution in [1.82, 2.24) is 9.97 Å². The fraction of sp³-hybridized carbons (Fsp3) is 0.333. The highest BCUT2D eigenvalue weighted by atomic mass is 16.4. The molecular weight excluding hydrogens is 306 g/mol. The standard InChI is InChI=1S/C18H19N3O3/c1-10-8-9-19-15(20-10)11-4-6-12(7-5-11)21-16(22)13-14(17(23)24)18(13,2)3/h4-9,13-14H,1-3H3,(H,21,22)(H,23,24)/t13-,14+/m0/s1. The van der Waals surface area contributed by atoms with Crippen LogP contribution in [-0.4, -0.2) is 27.0 Å². The van der Waals surface area contributed by atoms with Gasteiger partial charge in [0.05, 0.1) is 11.8 Å². The average Bonchev–Trinajstić information content (AvgIpc) is 3.11. The maximum absolute atomic E-state index is 12.3. The fourth-order valence-corrected chi connectivity index (χ4v) is 3.10. The molecule has 0 saturated heterocycles. The van der Waals surface area contributed by atoms with E-state index in [1.54, 1.807) is 32.2 Å². The summed E-state index contributed by atoms with van der Waals surface area (Å²) in [6.07, 6.45) is 1.70. The van der Waals surface area contributed by atoms with E-state index < -0.39 is 23.2 Å². The number of anilines is 1. The van der Waals surface area contributed by atoms with Crippen LogP contribution < -0.4 is 5.32 Å². The molecule has 6 nitrogen and oxygen atoms in total. The van der Waals surface area contributed by atoms with Gasteiger partial charge in [-0.15, -0.1) is 0 Å². The summed E-state index contributed by atoms with van der Waals surface area (Å²) >= 11 is 0. The van der Waals surface area contributed by atoms with Gasteiger partial charge >= 0.3 is 5.97 Å². The lowest BCUT2D eigenvalue weighted by Crippen LogP contribution is -2.17. The van der Waals surface area contributed by atoms with Gasteiger partial charge in [0, 0.05) is 23.1 Å². The van der Waals surface area contributed by atoms with Crippen molar-refractivity contribution in [3.63, 3.8) is 0 Å². The number of rotatable bonds is 4. The molecule has 1 aliphatic rings. The van der Waals surface area contributed by atoms with Gasteiger partial charge in [-0.3, -0.25) is 9.59 Å². The summed E-state index contributed by atoms with van der Waals surface area (Å²) in [6.45, 7) is 5.50. The molecule has 2 atom stereocenters. The van der Waals surface area contributed by atoms with Crippen LogP contribution in [0.15, 0.2) is 36.5 Å². The fourth-order valence-electron chi connectivity index (χ4n) is 3.10. The second kappa shape index (κ2) is 5.70. The van der Waals surface area contributed by atoms with Crippen LogP contribution in [0.25, 0.3) is 11.4 Å². The van der Waals surface area contributed by atoms with Gasteiger partial charge in [0.15, 0.2) is 5.82 Å². The van der Waals surface area contributed by atoms with Gasteiger partial charge in [0.1, 0.15) is 0 Å². The summed E-state index contributed by atoms with van der Waals surface area (Å²) in [5.41, 5.74) is 1.86. The van der Waals surface area contributed by atoms with Gasteiger partial charge in [-0.25, -0.2) is 9.97 Å². The minimum Gasteiger partial charge on any atom is -0.481 e. The number of nitrogens with zero attached hydrogens (tertiary/aromatic N) is 2. The zero-order valence-corrected chi connectivity index (χ0v) is 13.8. The lowest BCUT2D eigenvalue weighted by molar-refractivity contribution is -0.140. The predicted molar refractivity (Wildman–Crippen MR) is 89.2 cm³/mol. The van der Waals surface area contributed by atoms with Crippen LogP contribution in [0.3, 0.4) is 0 Å². The first-order valence-electron chi connectivity index (χ1n) is 7.74. The lowest BCUT2D eigenvalue weighted by atomic mass is 10.1. The first-order chi connectivity index (χ1) is 11.3. The molecule has 124 valence electrons. The van der Waals surface area contributed by atoms with Crippen LogP contribution in [0, 0.1) is 24.2 Å². The lowest BCUT2D eigenvalue weighted by Gasteiger charge is -2.07. The van der Waals surface area contributed by atoms with Crippen LogP contribution in [0.4, 0.5) is 5.69 Å². The Morgan fingerprint density at radius 3 is 2.33 bits per heavy atom. The van der Waals surface area contributed by atoms with E-state index in [1.807, 2.05) is 25.1 Å². The van der Waals surface area contributed by atoms with Crippen LogP contribution in [0.1, 0.15) is 19.5 Å². The van der Waals surface area contributed by atoms with Crippen LogP contribution in [-0.2, 0) is 9.59 Å². The van der Waals surface area contributed by atoms with Crippen molar-refractivity contribution in [3.8, 4) is 11.4 Å². The molecule has 1 aromatic carbocycles. The molecule has 0 spiro atoms. The van der Waals surface area contributed by atoms with Crippen LogP contribution in [0.5, 0.6) is 0 Å². The third-order valence-corrected chi connectivity index (χ3v) is 4.58. The normalized spacial score (nSPS) is 21.1. The first-order valence-corrected chi connectivity index (χ1v) is 7.74. The van der Waals surface area contributed by atoms with E-state index in [9.17, 15) is 9.59 Å². The third kappa shape index (κ3) is 2.87. The number of carbonyl (C=O) groups excluding carboxylic acids is 1. The van der Waals surface area contributed by atoms with Crippen LogP contribution in [0.2, 0.25) is 0 Å². The van der Waals surface area contributed by atoms with Gasteiger partial charge in [-0.1, -0.05) is 13.8 Å². The number of aryl methyl sites for hydroxylation is 1. The summed E-state index contributed by atoms with van der Waals surface area (Å²) in [4.78, 5) is 32.1. The maximum Gasteiger partial charge on any atom is 0.307 e. The average molecular weight is 325 g/mol. The van der Waals surface area contributed by atoms with Gasteiger partial charge in [0.25, 0.3) is 0 Å². The Bertz CT molecular complexity index is 799. The van der Waals surface area contributed by atoms with E-state index in [-0.39, 0.29) is 5.91 Å². The molecule has 2 aromatic rings. The Kier molecular flexibility index (Phi) is 3.83. The summed E-state index contributed by atoms with van der Waals surface area (Å²) in [5.74, 6) is -1.69. The Morgan fingerprint density at radius 1 is 1.12 bits per heavy atom. The molecule has 0 bridgehead atoms. The van der Waals surface area contributed by atoms with E-state index >= 15 is 0 Å². The number of aliphatic carboxylic acids is 1. The molecule has 1 saturated carbocycles. The van der Waals surface area contributed by atoms with Crippen LogP contribution >= 0.6 is 0 Å². The molecule has 1 amide bonds. The summed E-state index contributed by atoms with van der Waals surface area (Å²) in [6, 6.07) is 9.02. The minimum atomic E-state index is -0.924. The zero-order chi connectivity index (χ0) is 17.5. The summed E-state index contributed by atoms with van der Waals surface area (Å²) in [7, 11) is 0. The number of aromatic nitrogens is 2. The second-order valence-electron chi connectivity index (χ2n) is 6.70. The van der Waals surface area contributed by atoms with Crippen molar-refractivity contribution in [2.75, 3.05) is 5.32 Å². The molecule has 1 heterocycles. The zero-order valence-electron chi connectivity index (χ0n) is 13.8. The van der Waals surface area contributed by atoms with E-state index in [4.69, 9.17) is 5.11 Å². The molecule has 6 heteroatoms. The van der Waals surface area contributed by atoms with E-state index in [1.165, 1.54) is 0 Å². The Morgan fingerprint density at radius 2 is 1.79 bits per heavy atom. The highest BCUT2D eigenvalue weighted by molar-refractivity contribution is 5.99. The summed E-state index contributed by atoms with van der Waals surface area (Å²) in [5, 5.41) is 12.0. The van der Waals surface area contributed by atoms with E-state index in [0.29, 0.717) is 11.5 Å². The van der Waals surface area contributed by atoms with Gasteiger partial charge in [-0.05, 0) is 42.7 Å². The molecule has 24 heavy (non-hydrogen) atoms. The predicted octanol–water partition coefficient (Wildman–Crippen LogP) is 2.75. The number of nitrogens with one attached hydrogen (secondary N) is 1. The largest absolute Gasteiger partial charge is 0.481 e. The van der Waals surface area contributed by atoms with Gasteiger partial charge in [0.2, 0.25) is 5.91 Å². The molecule has 0 aliphatic heterocycles. The molecular formula is C18H19N3O3. The molecule has 2 N–H and O–H groups in total. The second-order valence-corrected chi connectivity index (χ2v) is 6.70. The molecule has 0 unspecified atom stereocenters. The van der Waals surface area contributed by atoms with Crippen molar-refractivity contribution < 1.29 is 14.7 Å². The van der Waals surface area contributed by atoms with Crippen molar-refractivity contribution >= 4 is 17.6 Å². The van der Waals surface area contributed by atoms with E-state index in [2.05, 4.69) is 15.3 Å². The third-order valence-electron chi connectivity index (χ3n) is 4.58. The number of carboxylic acid groups (broad SMARTS) is 1. The number of carboxylic acids is 1. The topological polar surface area (TPSA) is 92.2 Å². The highest BCUT2D eigenvalue weighted by Crippen LogP contribution is 2.58. The Labute approximate surface area is 140 Å². The van der Waals surface area contributed by atoms with Gasteiger partial charge in [-0.2, -0.15) is 0 Å². The smallest absolute Gasteiger partial charge is 0.307 e. The molecule has 1 aromatic heterocycles. The number of benzene rings is 1. The quantitative estimate of drug-likeness (QED) is 0.902. The van der Waals surface area contributed by atoms with Crippen molar-refractivity contribution in [1.29, 1.82) is 0 Å². The van der Waals surface area contributed by atoms with Crippen molar-refractivity contribution in [2.45, 2.75) is 20.8 Å². The summed E-state index contributed by atoms with van der Waals surface area (Å²) < 4.78 is 0. The van der Waals surface area contributed by atoms with E-state index in [0.717, 1.165) is 11.3 Å². The maximum atomic E-state index is 12.3. The first kappa shape index (κ1) is 16.1. The Hall–Kier alpha value is -2.76. The molecule has 0 radical (unpaired) electrons. The minimum absolute atomic E-state index is 0.257. The van der Waals surface area contributed by atoms with Crippen molar-refractivity contribution in [2.24, 2.45) is 17.3 Å². The molecule has 3 rings (SSSR count). The Balaban J connectivity index is 1.71. The number of amides is 1. The number of carbonyl (C=O) groups is 2. The number of hydrogen-bond donors (Lipinski definition) is 2. The monoisotopic (exact) mass is 325 g/mol.